The Morgan fingerprint density at radius 2 is 1.88 bits per heavy atom. The van der Waals surface area contributed by atoms with Crippen LogP contribution >= 0.6 is 0 Å². The Morgan fingerprint density at radius 1 is 1.17 bits per heavy atom. The quantitative estimate of drug-likeness (QED) is 0.674. The van der Waals surface area contributed by atoms with Crippen molar-refractivity contribution in [1.29, 1.82) is 0 Å². The zero-order valence-electron chi connectivity index (χ0n) is 14.6. The van der Waals surface area contributed by atoms with E-state index >= 15 is 0 Å². The second-order valence-electron chi connectivity index (χ2n) is 7.48. The molecule has 0 amide bonds. The van der Waals surface area contributed by atoms with Gasteiger partial charge in [0.15, 0.2) is 0 Å². The molecule has 0 aromatic heterocycles. The van der Waals surface area contributed by atoms with Crippen LogP contribution in [0.3, 0.4) is 0 Å². The Balaban J connectivity index is 1.83. The number of phenolic OH excluding ortho intramolecular Hbond substituents is 1. The van der Waals surface area contributed by atoms with Crippen molar-refractivity contribution < 1.29 is 19.4 Å². The molecule has 2 fully saturated rings. The third kappa shape index (κ3) is 3.33. The second kappa shape index (κ2) is 6.58. The van der Waals surface area contributed by atoms with Crippen LogP contribution in [0.5, 0.6) is 5.75 Å². The molecule has 1 aliphatic heterocycles. The largest absolute Gasteiger partial charge is 0.508 e. The van der Waals surface area contributed by atoms with Gasteiger partial charge in [0.05, 0.1) is 0 Å². The number of phenols is 1. The molecular weight excluding hydrogens is 304 g/mol. The summed E-state index contributed by atoms with van der Waals surface area (Å²) < 4.78 is 5.83. The average Bonchev–Trinajstić information content (AvgIpc) is 3.03. The van der Waals surface area contributed by atoms with Crippen LogP contribution < -0.4 is 0 Å². The molecule has 0 radical (unpaired) electrons. The van der Waals surface area contributed by atoms with Gasteiger partial charge in [-0.1, -0.05) is 18.9 Å². The van der Waals surface area contributed by atoms with Crippen LogP contribution in [0.2, 0.25) is 0 Å². The van der Waals surface area contributed by atoms with E-state index in [0.29, 0.717) is 24.5 Å². The van der Waals surface area contributed by atoms with Crippen LogP contribution in [0.1, 0.15) is 61.6 Å². The van der Waals surface area contributed by atoms with Crippen LogP contribution in [-0.2, 0) is 20.7 Å². The Kier molecular flexibility index (Phi) is 4.66. The van der Waals surface area contributed by atoms with Gasteiger partial charge >= 0.3 is 5.97 Å². The minimum Gasteiger partial charge on any atom is -0.508 e. The molecule has 1 atom stereocenters. The predicted octanol–water partition coefficient (Wildman–Crippen LogP) is 3.78. The van der Waals surface area contributed by atoms with Gasteiger partial charge in [0.1, 0.15) is 23.6 Å². The van der Waals surface area contributed by atoms with Crippen LogP contribution in [0.25, 0.3) is 0 Å². The van der Waals surface area contributed by atoms with Crippen LogP contribution in [0.15, 0.2) is 12.1 Å². The minimum atomic E-state index is -0.624. The van der Waals surface area contributed by atoms with E-state index in [1.807, 2.05) is 19.9 Å². The van der Waals surface area contributed by atoms with E-state index in [4.69, 9.17) is 4.74 Å². The monoisotopic (exact) mass is 330 g/mol. The van der Waals surface area contributed by atoms with Crippen molar-refractivity contribution in [3.8, 4) is 5.75 Å². The number of rotatable bonds is 4. The van der Waals surface area contributed by atoms with Gasteiger partial charge in [-0.05, 0) is 68.2 Å². The summed E-state index contributed by atoms with van der Waals surface area (Å²) in [6.07, 6.45) is 6.09. The Hall–Kier alpha value is -1.84. The number of hydrogen-bond donors (Lipinski definition) is 1. The molecule has 1 saturated heterocycles. The first-order valence-electron chi connectivity index (χ1n) is 8.92. The van der Waals surface area contributed by atoms with Crippen molar-refractivity contribution >= 4 is 11.8 Å². The predicted molar refractivity (Wildman–Crippen MR) is 90.9 cm³/mol. The summed E-state index contributed by atoms with van der Waals surface area (Å²) >= 11 is 0. The lowest BCUT2D eigenvalue weighted by Crippen LogP contribution is -2.48. The van der Waals surface area contributed by atoms with Crippen LogP contribution in [0.4, 0.5) is 0 Å². The fourth-order valence-corrected chi connectivity index (χ4v) is 4.36. The van der Waals surface area contributed by atoms with Gasteiger partial charge in [0.2, 0.25) is 0 Å². The molecule has 1 unspecified atom stereocenters. The Bertz CT molecular complexity index is 640. The molecule has 2 aliphatic rings. The lowest BCUT2D eigenvalue weighted by Gasteiger charge is -2.41. The number of benzene rings is 1. The number of esters is 1. The summed E-state index contributed by atoms with van der Waals surface area (Å²) in [5.41, 5.74) is 2.41. The molecule has 0 bridgehead atoms. The lowest BCUT2D eigenvalue weighted by atomic mass is 9.75. The van der Waals surface area contributed by atoms with E-state index in [2.05, 4.69) is 0 Å². The van der Waals surface area contributed by atoms with Gasteiger partial charge < -0.3 is 9.84 Å². The molecule has 24 heavy (non-hydrogen) atoms. The van der Waals surface area contributed by atoms with Gasteiger partial charge in [-0.2, -0.15) is 0 Å². The Morgan fingerprint density at radius 3 is 2.54 bits per heavy atom. The third-order valence-corrected chi connectivity index (χ3v) is 5.73. The fourth-order valence-electron chi connectivity index (χ4n) is 4.36. The fraction of sp³-hybridized carbons (Fsp3) is 0.600. The topological polar surface area (TPSA) is 63.6 Å². The molecule has 1 aromatic rings. The molecule has 0 spiro atoms. The van der Waals surface area contributed by atoms with Gasteiger partial charge in [0.25, 0.3) is 0 Å². The normalized spacial score (nSPS) is 25.1. The first-order valence-corrected chi connectivity index (χ1v) is 8.92. The highest BCUT2D eigenvalue weighted by Gasteiger charge is 2.47. The van der Waals surface area contributed by atoms with E-state index in [-0.39, 0.29) is 18.2 Å². The van der Waals surface area contributed by atoms with E-state index < -0.39 is 5.60 Å². The van der Waals surface area contributed by atoms with Crippen molar-refractivity contribution in [2.24, 2.45) is 5.92 Å². The number of Topliss-reactive ketones (excluding diaryl/α,β-unsaturated/α-hetero) is 1. The highest BCUT2D eigenvalue weighted by Crippen LogP contribution is 2.44. The molecule has 3 rings (SSSR count). The van der Waals surface area contributed by atoms with Crippen LogP contribution in [0, 0.1) is 19.8 Å². The SMILES string of the molecule is Cc1cc(CCC2(C3CCCC3)CC(=O)CC(=O)O2)c(C)cc1O. The van der Waals surface area contributed by atoms with Crippen molar-refractivity contribution in [1.82, 2.24) is 0 Å². The number of cyclic esters (lactones) is 1. The van der Waals surface area contributed by atoms with E-state index in [1.54, 1.807) is 6.07 Å². The first kappa shape index (κ1) is 17.0. The molecule has 130 valence electrons. The summed E-state index contributed by atoms with van der Waals surface area (Å²) in [4.78, 5) is 24.0. The zero-order chi connectivity index (χ0) is 17.3. The summed E-state index contributed by atoms with van der Waals surface area (Å²) in [7, 11) is 0. The maximum atomic E-state index is 12.1. The lowest BCUT2D eigenvalue weighted by molar-refractivity contribution is -0.178. The maximum absolute atomic E-state index is 12.1. The van der Waals surface area contributed by atoms with E-state index in [9.17, 15) is 14.7 Å². The number of aryl methyl sites for hydroxylation is 3. The highest BCUT2D eigenvalue weighted by atomic mass is 16.6. The van der Waals surface area contributed by atoms with Gasteiger partial charge in [-0.25, -0.2) is 0 Å². The standard InChI is InChI=1S/C20H26O4/c1-13-10-18(22)14(2)9-15(13)7-8-20(16-5-3-4-6-16)12-17(21)11-19(23)24-20/h9-10,16,22H,3-8,11-12H2,1-2H3. The van der Waals surface area contributed by atoms with Crippen molar-refractivity contribution in [2.45, 2.75) is 70.8 Å². The number of hydrogen-bond acceptors (Lipinski definition) is 4. The molecular formula is C20H26O4. The number of carbonyl (C=O) groups is 2. The smallest absolute Gasteiger partial charge is 0.313 e. The average molecular weight is 330 g/mol. The molecule has 4 heteroatoms. The molecule has 1 N–H and O–H groups in total. The highest BCUT2D eigenvalue weighted by molar-refractivity contribution is 5.98. The van der Waals surface area contributed by atoms with E-state index in [1.165, 1.54) is 0 Å². The zero-order valence-corrected chi connectivity index (χ0v) is 14.6. The summed E-state index contributed by atoms with van der Waals surface area (Å²) in [5, 5.41) is 9.82. The molecule has 1 aromatic carbocycles. The van der Waals surface area contributed by atoms with Crippen molar-refractivity contribution in [3.05, 3.63) is 28.8 Å². The molecule has 1 heterocycles. The Labute approximate surface area is 143 Å². The van der Waals surface area contributed by atoms with E-state index in [0.717, 1.165) is 48.8 Å². The second-order valence-corrected chi connectivity index (χ2v) is 7.48. The molecule has 1 saturated carbocycles. The van der Waals surface area contributed by atoms with Crippen LogP contribution in [-0.4, -0.2) is 22.5 Å². The number of ketones is 1. The molecule has 4 nitrogen and oxygen atoms in total. The van der Waals surface area contributed by atoms with Gasteiger partial charge in [-0.3, -0.25) is 9.59 Å². The molecule has 1 aliphatic carbocycles. The summed E-state index contributed by atoms with van der Waals surface area (Å²) in [5.74, 6) is 0.249. The number of carbonyl (C=O) groups excluding carboxylic acids is 2. The van der Waals surface area contributed by atoms with Crippen molar-refractivity contribution in [3.63, 3.8) is 0 Å². The third-order valence-electron chi connectivity index (χ3n) is 5.73. The maximum Gasteiger partial charge on any atom is 0.313 e. The number of ether oxygens (including phenoxy) is 1. The van der Waals surface area contributed by atoms with Crippen molar-refractivity contribution in [2.75, 3.05) is 0 Å². The number of aromatic hydroxyl groups is 1. The van der Waals surface area contributed by atoms with Gasteiger partial charge in [-0.15, -0.1) is 0 Å². The first-order chi connectivity index (χ1) is 11.4. The minimum absolute atomic E-state index is 0.0109. The summed E-state index contributed by atoms with van der Waals surface area (Å²) in [6.45, 7) is 3.87. The summed E-state index contributed by atoms with van der Waals surface area (Å²) in [6, 6.07) is 3.78. The van der Waals surface area contributed by atoms with Gasteiger partial charge in [0, 0.05) is 6.42 Å².